The van der Waals surface area contributed by atoms with Crippen LogP contribution in [0.4, 0.5) is 0 Å². The molecule has 3 rings (SSSR count). The second kappa shape index (κ2) is 11.2. The summed E-state index contributed by atoms with van der Waals surface area (Å²) in [5.41, 5.74) is 1.16. The third-order valence-electron chi connectivity index (χ3n) is 3.83. The molecule has 2 aromatic carbocycles. The summed E-state index contributed by atoms with van der Waals surface area (Å²) in [6.45, 7) is 4.00. The van der Waals surface area contributed by atoms with Crippen molar-refractivity contribution < 1.29 is 50.4 Å². The number of aliphatic hydroxyl groups excluding tert-OH is 1. The van der Waals surface area contributed by atoms with Crippen LogP contribution in [0, 0.1) is 44.3 Å². The Kier molecular flexibility index (Phi) is 9.65. The second-order valence-electron chi connectivity index (χ2n) is 5.16. The van der Waals surface area contributed by atoms with Gasteiger partial charge in [0.15, 0.2) is 11.5 Å². The van der Waals surface area contributed by atoms with E-state index in [0.717, 1.165) is 10.8 Å². The van der Waals surface area contributed by atoms with Gasteiger partial charge in [0, 0.05) is 11.6 Å². The van der Waals surface area contributed by atoms with E-state index >= 15 is 0 Å². The number of pyridine rings is 1. The van der Waals surface area contributed by atoms with Crippen LogP contribution in [0.2, 0.25) is 0 Å². The summed E-state index contributed by atoms with van der Waals surface area (Å²) in [7, 11) is 6.52. The Hall–Kier alpha value is -1.74. The molecule has 0 radical (unpaired) electrons. The second-order valence-corrected chi connectivity index (χ2v) is 5.16. The van der Waals surface area contributed by atoms with Crippen LogP contribution in [0.25, 0.3) is 10.8 Å². The topological polar surface area (TPSA) is 60.8 Å². The maximum atomic E-state index is 10.8. The molecular formula is C21H23NO4U. The van der Waals surface area contributed by atoms with E-state index in [1.54, 1.807) is 38.6 Å². The van der Waals surface area contributed by atoms with Gasteiger partial charge < -0.3 is 19.3 Å². The van der Waals surface area contributed by atoms with Crippen LogP contribution in [0.3, 0.4) is 0 Å². The summed E-state index contributed by atoms with van der Waals surface area (Å²) in [4.78, 5) is 4.36. The molecule has 1 aromatic heterocycles. The number of aliphatic hydroxyl groups is 1. The van der Waals surface area contributed by atoms with Gasteiger partial charge in [-0.1, -0.05) is 13.8 Å². The summed E-state index contributed by atoms with van der Waals surface area (Å²) in [5, 5.41) is 12.5. The van der Waals surface area contributed by atoms with E-state index in [1.807, 2.05) is 32.0 Å². The van der Waals surface area contributed by atoms with E-state index in [2.05, 4.69) is 18.2 Å². The van der Waals surface area contributed by atoms with Gasteiger partial charge in [-0.05, 0) is 29.3 Å². The SMILES string of the molecule is CC.[CH2-]Oc1[c-]ccc(C(O)c2nccc3cc(OC)c(OC)cc23)c1.[U+2]. The van der Waals surface area contributed by atoms with Gasteiger partial charge in [0.2, 0.25) is 0 Å². The number of ether oxygens (including phenoxy) is 3. The van der Waals surface area contributed by atoms with Crippen LogP contribution in [-0.4, -0.2) is 24.3 Å². The van der Waals surface area contributed by atoms with E-state index in [9.17, 15) is 5.11 Å². The van der Waals surface area contributed by atoms with Gasteiger partial charge in [0.1, 0.15) is 0 Å². The monoisotopic (exact) mass is 591 g/mol. The number of rotatable bonds is 5. The first-order valence-corrected chi connectivity index (χ1v) is 8.30. The number of nitrogens with zero attached hydrogens (tertiary/aromatic N) is 1. The average molecular weight is 591 g/mol. The molecule has 1 unspecified atom stereocenters. The normalized spacial score (nSPS) is 10.9. The van der Waals surface area contributed by atoms with Gasteiger partial charge in [-0.25, -0.2) is 0 Å². The van der Waals surface area contributed by atoms with Crippen molar-refractivity contribution in [3.05, 3.63) is 67.0 Å². The minimum absolute atomic E-state index is 0. The van der Waals surface area contributed by atoms with Gasteiger partial charge in [-0.3, -0.25) is 4.98 Å². The third-order valence-corrected chi connectivity index (χ3v) is 3.83. The summed E-state index contributed by atoms with van der Waals surface area (Å²) < 4.78 is 15.6. The third kappa shape index (κ3) is 5.16. The van der Waals surface area contributed by atoms with Crippen molar-refractivity contribution in [2.75, 3.05) is 14.2 Å². The summed E-state index contributed by atoms with van der Waals surface area (Å²) in [6.07, 6.45) is 0.732. The Bertz CT molecular complexity index is 870. The number of methoxy groups -OCH3 is 2. The molecule has 27 heavy (non-hydrogen) atoms. The molecule has 0 bridgehead atoms. The van der Waals surface area contributed by atoms with Crippen molar-refractivity contribution in [3.63, 3.8) is 0 Å². The standard InChI is InChI=1S/C19H17NO4.C2H6.U/c1-22-14-6-4-5-13(9-14)19(21)18-15-11-17(24-3)16(23-2)10-12(15)7-8-20-18;1-2;/h4-5,7-11,19,21H,1H2,2-3H3;1-2H3;/q-2;;+2. The van der Waals surface area contributed by atoms with Crippen LogP contribution in [0.5, 0.6) is 17.2 Å². The Morgan fingerprint density at radius 2 is 1.74 bits per heavy atom. The molecule has 1 heterocycles. The van der Waals surface area contributed by atoms with Crippen molar-refractivity contribution in [1.82, 2.24) is 4.98 Å². The molecule has 0 aliphatic rings. The molecular weight excluding hydrogens is 568 g/mol. The molecule has 3 aromatic rings. The molecule has 5 nitrogen and oxygen atoms in total. The van der Waals surface area contributed by atoms with Crippen LogP contribution in [0.1, 0.15) is 31.2 Å². The first kappa shape index (κ1) is 23.3. The quantitative estimate of drug-likeness (QED) is 0.448. The van der Waals surface area contributed by atoms with E-state index in [-0.39, 0.29) is 31.1 Å². The number of benzene rings is 2. The summed E-state index contributed by atoms with van der Waals surface area (Å²) in [5.74, 6) is 1.65. The zero-order chi connectivity index (χ0) is 19.1. The first-order valence-electron chi connectivity index (χ1n) is 8.30. The minimum Gasteiger partial charge on any atom is -0.683 e. The van der Waals surface area contributed by atoms with E-state index < -0.39 is 6.10 Å². The fourth-order valence-electron chi connectivity index (χ4n) is 2.61. The zero-order valence-electron chi connectivity index (χ0n) is 15.9. The summed E-state index contributed by atoms with van der Waals surface area (Å²) in [6, 6.07) is 13.5. The molecule has 0 aliphatic heterocycles. The van der Waals surface area contributed by atoms with Gasteiger partial charge in [0.05, 0.1) is 26.0 Å². The van der Waals surface area contributed by atoms with Crippen molar-refractivity contribution in [1.29, 1.82) is 0 Å². The maximum absolute atomic E-state index is 10.8. The molecule has 0 aliphatic carbocycles. The van der Waals surface area contributed by atoms with E-state index in [1.165, 1.54) is 0 Å². The van der Waals surface area contributed by atoms with Crippen LogP contribution < -0.4 is 14.2 Å². The van der Waals surface area contributed by atoms with Gasteiger partial charge in [0.25, 0.3) is 0 Å². The molecule has 0 saturated carbocycles. The average Bonchev–Trinajstić information content (AvgIpc) is 2.73. The van der Waals surface area contributed by atoms with Crippen LogP contribution >= 0.6 is 0 Å². The van der Waals surface area contributed by atoms with Crippen molar-refractivity contribution >= 4 is 10.8 Å². The van der Waals surface area contributed by atoms with Gasteiger partial charge in [-0.15, -0.1) is 17.7 Å². The number of hydrogen-bond donors (Lipinski definition) is 1. The number of aromatic nitrogens is 1. The van der Waals surface area contributed by atoms with Crippen LogP contribution in [0.15, 0.2) is 42.6 Å². The number of hydrogen-bond acceptors (Lipinski definition) is 5. The van der Waals surface area contributed by atoms with Crippen molar-refractivity contribution in [2.45, 2.75) is 20.0 Å². The molecule has 1 atom stereocenters. The van der Waals surface area contributed by atoms with Gasteiger partial charge in [-0.2, -0.15) is 19.2 Å². The molecule has 0 amide bonds. The fraction of sp³-hybridized carbons (Fsp3) is 0.238. The summed E-state index contributed by atoms with van der Waals surface area (Å²) >= 11 is 0. The molecule has 0 saturated heterocycles. The zero-order valence-corrected chi connectivity index (χ0v) is 20.1. The molecule has 0 spiro atoms. The molecule has 1 N–H and O–H groups in total. The molecule has 140 valence electrons. The molecule has 0 fully saturated rings. The maximum Gasteiger partial charge on any atom is 2.00 e. The Morgan fingerprint density at radius 1 is 1.07 bits per heavy atom. The first-order chi connectivity index (χ1) is 12.7. The van der Waals surface area contributed by atoms with E-state index in [0.29, 0.717) is 28.5 Å². The van der Waals surface area contributed by atoms with Crippen molar-refractivity contribution in [2.24, 2.45) is 0 Å². The van der Waals surface area contributed by atoms with Crippen molar-refractivity contribution in [3.8, 4) is 17.2 Å². The largest absolute Gasteiger partial charge is 2.00 e. The fourth-order valence-corrected chi connectivity index (χ4v) is 2.61. The molecule has 6 heteroatoms. The van der Waals surface area contributed by atoms with Gasteiger partial charge >= 0.3 is 31.1 Å². The smallest absolute Gasteiger partial charge is 0.683 e. The minimum atomic E-state index is -0.921. The predicted octanol–water partition coefficient (Wildman–Crippen LogP) is 4.33. The Labute approximate surface area is 184 Å². The van der Waals surface area contributed by atoms with Crippen LogP contribution in [-0.2, 0) is 0 Å². The van der Waals surface area contributed by atoms with E-state index in [4.69, 9.17) is 14.2 Å². The Morgan fingerprint density at radius 3 is 2.37 bits per heavy atom. The predicted molar refractivity (Wildman–Crippen MR) is 102 cm³/mol. The number of fused-ring (bicyclic) bond motifs is 1. The Balaban J connectivity index is 0.00000118.